The largest absolute Gasteiger partial charge is 0.489 e. The predicted molar refractivity (Wildman–Crippen MR) is 134 cm³/mol. The normalized spacial score (nSPS) is 18.7. The van der Waals surface area contributed by atoms with Gasteiger partial charge in [-0.3, -0.25) is 0 Å². The van der Waals surface area contributed by atoms with Gasteiger partial charge in [0, 0.05) is 38.5 Å². The number of carboxylic acids is 1. The van der Waals surface area contributed by atoms with E-state index in [0.717, 1.165) is 24.9 Å². The molecule has 8 nitrogen and oxygen atoms in total. The molecule has 186 valence electrons. The number of thioether (sulfide) groups is 1. The molecular formula is C24H32N2O6S2. The minimum absolute atomic E-state index is 0.134. The molecule has 2 aromatic carbocycles. The predicted octanol–water partition coefficient (Wildman–Crippen LogP) is 4.22. The molecule has 0 saturated carbocycles. The van der Waals surface area contributed by atoms with Crippen molar-refractivity contribution in [2.24, 2.45) is 0 Å². The number of nitrogens with zero attached hydrogens (tertiary/aromatic N) is 2. The molecule has 0 fully saturated rings. The second-order valence-corrected chi connectivity index (χ2v) is 10.9. The van der Waals surface area contributed by atoms with E-state index >= 15 is 0 Å². The van der Waals surface area contributed by atoms with Gasteiger partial charge < -0.3 is 19.5 Å². The Hall–Kier alpha value is -2.27. The van der Waals surface area contributed by atoms with E-state index in [-0.39, 0.29) is 17.5 Å². The van der Waals surface area contributed by atoms with Crippen LogP contribution in [0.5, 0.6) is 5.75 Å². The number of aliphatic carboxylic acids is 1. The van der Waals surface area contributed by atoms with Gasteiger partial charge in [0.25, 0.3) is 0 Å². The Labute approximate surface area is 205 Å². The summed E-state index contributed by atoms with van der Waals surface area (Å²) >= 11 is 1.41. The summed E-state index contributed by atoms with van der Waals surface area (Å²) in [5.41, 5.74) is 1.48. The van der Waals surface area contributed by atoms with Crippen molar-refractivity contribution < 1.29 is 27.8 Å². The molecule has 1 aliphatic rings. The molecule has 10 heteroatoms. The Morgan fingerprint density at radius 3 is 2.56 bits per heavy atom. The summed E-state index contributed by atoms with van der Waals surface area (Å²) in [7, 11) is -0.910. The monoisotopic (exact) mass is 508 g/mol. The van der Waals surface area contributed by atoms with Gasteiger partial charge in [-0.15, -0.1) is 11.8 Å². The Bertz CT molecular complexity index is 1090. The third kappa shape index (κ3) is 5.51. The average Bonchev–Trinajstić information content (AvgIpc) is 2.91. The smallest absolute Gasteiger partial charge is 0.336 e. The van der Waals surface area contributed by atoms with Crippen LogP contribution in [0.1, 0.15) is 26.2 Å². The van der Waals surface area contributed by atoms with E-state index < -0.39 is 22.1 Å². The fraction of sp³-hybridized carbons (Fsp3) is 0.458. The standard InChI is InChI=1S/C24H32N2O6S2/c1-5-6-10-18-15-26(17-11-8-7-9-12-17)19-13-22(33-4)20(32-16-21(31-3)24(27)28)14-23(19)34(29,30)25(18)2/h7-9,11-14,18,21H,5-6,10,15-16H2,1-4H3,(H,27,28)/t18-,21-/m1/s1. The molecule has 0 saturated heterocycles. The van der Waals surface area contributed by atoms with Crippen LogP contribution in [0.25, 0.3) is 0 Å². The molecule has 1 aliphatic heterocycles. The van der Waals surface area contributed by atoms with Crippen LogP contribution in [0.15, 0.2) is 52.3 Å². The molecule has 0 amide bonds. The Balaban J connectivity index is 2.15. The molecule has 0 bridgehead atoms. The lowest BCUT2D eigenvalue weighted by Gasteiger charge is -2.29. The number of sulfonamides is 1. The van der Waals surface area contributed by atoms with Crippen molar-refractivity contribution in [3.63, 3.8) is 0 Å². The van der Waals surface area contributed by atoms with Crippen LogP contribution in [-0.2, 0) is 19.6 Å². The first-order chi connectivity index (χ1) is 16.2. The molecule has 2 aromatic rings. The zero-order valence-corrected chi connectivity index (χ0v) is 21.6. The van der Waals surface area contributed by atoms with Crippen LogP contribution in [0.2, 0.25) is 0 Å². The topological polar surface area (TPSA) is 96.4 Å². The zero-order valence-electron chi connectivity index (χ0n) is 19.9. The van der Waals surface area contributed by atoms with E-state index in [2.05, 4.69) is 11.8 Å². The van der Waals surface area contributed by atoms with E-state index in [1.54, 1.807) is 7.05 Å². The highest BCUT2D eigenvalue weighted by Gasteiger charge is 2.37. The van der Waals surface area contributed by atoms with Crippen molar-refractivity contribution in [1.29, 1.82) is 0 Å². The van der Waals surface area contributed by atoms with E-state index in [4.69, 9.17) is 9.47 Å². The number of hydrogen-bond acceptors (Lipinski definition) is 7. The summed E-state index contributed by atoms with van der Waals surface area (Å²) in [4.78, 5) is 14.2. The zero-order chi connectivity index (χ0) is 24.9. The van der Waals surface area contributed by atoms with Crippen LogP contribution in [0.3, 0.4) is 0 Å². The van der Waals surface area contributed by atoms with Crippen molar-refractivity contribution in [1.82, 2.24) is 4.31 Å². The molecule has 0 aliphatic carbocycles. The number of likely N-dealkylation sites (N-methyl/N-ethyl adjacent to an activating group) is 1. The van der Waals surface area contributed by atoms with Gasteiger partial charge in [-0.25, -0.2) is 13.2 Å². The first-order valence-electron chi connectivity index (χ1n) is 11.2. The van der Waals surface area contributed by atoms with Gasteiger partial charge in [-0.2, -0.15) is 4.31 Å². The van der Waals surface area contributed by atoms with Crippen LogP contribution in [-0.4, -0.2) is 69.5 Å². The SMILES string of the molecule is CCCC[C@@H]1CN(c2ccccc2)c2cc(SC)c(OC[C@@H](OC)C(=O)O)cc2S(=O)(=O)N1C. The highest BCUT2D eigenvalue weighted by molar-refractivity contribution is 7.98. The van der Waals surface area contributed by atoms with Crippen LogP contribution in [0.4, 0.5) is 11.4 Å². The number of carbonyl (C=O) groups is 1. The molecule has 1 N–H and O–H groups in total. The van der Waals surface area contributed by atoms with Crippen LogP contribution < -0.4 is 9.64 Å². The molecule has 1 heterocycles. The van der Waals surface area contributed by atoms with Gasteiger partial charge in [0.05, 0.1) is 10.6 Å². The Morgan fingerprint density at radius 2 is 1.97 bits per heavy atom. The second-order valence-electron chi connectivity index (χ2n) is 8.11. The molecule has 0 aromatic heterocycles. The molecule has 34 heavy (non-hydrogen) atoms. The van der Waals surface area contributed by atoms with Crippen molar-refractivity contribution in [2.45, 2.75) is 48.1 Å². The first-order valence-corrected chi connectivity index (χ1v) is 13.8. The minimum atomic E-state index is -3.83. The van der Waals surface area contributed by atoms with Gasteiger partial charge in [0.2, 0.25) is 10.0 Å². The summed E-state index contributed by atoms with van der Waals surface area (Å²) in [6, 6.07) is 12.9. The van der Waals surface area contributed by atoms with Crippen molar-refractivity contribution in [2.75, 3.05) is 38.5 Å². The van der Waals surface area contributed by atoms with Gasteiger partial charge in [-0.05, 0) is 30.9 Å². The molecule has 0 unspecified atom stereocenters. The van der Waals surface area contributed by atoms with Crippen LogP contribution >= 0.6 is 11.8 Å². The van der Waals surface area contributed by atoms with E-state index in [0.29, 0.717) is 22.9 Å². The fourth-order valence-corrected chi connectivity index (χ4v) is 6.08. The minimum Gasteiger partial charge on any atom is -0.489 e. The second kappa shape index (κ2) is 11.4. The number of anilines is 2. The molecular weight excluding hydrogens is 476 g/mol. The number of carboxylic acid groups (broad SMARTS) is 1. The van der Waals surface area contributed by atoms with Crippen molar-refractivity contribution in [3.05, 3.63) is 42.5 Å². The maximum atomic E-state index is 13.7. The highest BCUT2D eigenvalue weighted by atomic mass is 32.2. The summed E-state index contributed by atoms with van der Waals surface area (Å²) in [5, 5.41) is 9.27. The lowest BCUT2D eigenvalue weighted by atomic mass is 10.1. The average molecular weight is 509 g/mol. The van der Waals surface area contributed by atoms with Crippen molar-refractivity contribution >= 4 is 39.1 Å². The third-order valence-electron chi connectivity index (χ3n) is 6.01. The number of methoxy groups -OCH3 is 1. The quantitative estimate of drug-likeness (QED) is 0.477. The first kappa shape index (κ1) is 26.3. The summed E-state index contributed by atoms with van der Waals surface area (Å²) in [6.07, 6.45) is 3.35. The number of hydrogen-bond donors (Lipinski definition) is 1. The Morgan fingerprint density at radius 1 is 1.26 bits per heavy atom. The van der Waals surface area contributed by atoms with E-state index in [1.807, 2.05) is 42.7 Å². The number of ether oxygens (including phenoxy) is 2. The third-order valence-corrected chi connectivity index (χ3v) is 8.71. The summed E-state index contributed by atoms with van der Waals surface area (Å²) < 4.78 is 39.7. The number of rotatable bonds is 10. The maximum Gasteiger partial charge on any atom is 0.336 e. The van der Waals surface area contributed by atoms with Gasteiger partial charge in [0.15, 0.2) is 6.10 Å². The molecule has 2 atom stereocenters. The summed E-state index contributed by atoms with van der Waals surface area (Å²) in [6.45, 7) is 2.37. The number of para-hydroxylation sites is 1. The number of fused-ring (bicyclic) bond motifs is 1. The number of unbranched alkanes of at least 4 members (excludes halogenated alkanes) is 1. The van der Waals surface area contributed by atoms with E-state index in [1.165, 1.54) is 29.2 Å². The van der Waals surface area contributed by atoms with Crippen molar-refractivity contribution in [3.8, 4) is 5.75 Å². The maximum absolute atomic E-state index is 13.7. The molecule has 3 rings (SSSR count). The van der Waals surface area contributed by atoms with Gasteiger partial charge in [-0.1, -0.05) is 38.0 Å². The molecule has 0 spiro atoms. The van der Waals surface area contributed by atoms with E-state index in [9.17, 15) is 18.3 Å². The molecule has 0 radical (unpaired) electrons. The highest BCUT2D eigenvalue weighted by Crippen LogP contribution is 2.43. The van der Waals surface area contributed by atoms with Gasteiger partial charge >= 0.3 is 5.97 Å². The van der Waals surface area contributed by atoms with Crippen LogP contribution in [0, 0.1) is 0 Å². The summed E-state index contributed by atoms with van der Waals surface area (Å²) in [5.74, 6) is -0.837. The fourth-order valence-electron chi connectivity index (χ4n) is 3.97. The number of benzene rings is 2. The van der Waals surface area contributed by atoms with Gasteiger partial charge in [0.1, 0.15) is 17.3 Å². The Kier molecular flexibility index (Phi) is 8.86. The lowest BCUT2D eigenvalue weighted by Crippen LogP contribution is -2.40. The lowest BCUT2D eigenvalue weighted by molar-refractivity contribution is -0.150.